The Labute approximate surface area is 143 Å². The van der Waals surface area contributed by atoms with E-state index in [4.69, 9.17) is 14.2 Å². The Morgan fingerprint density at radius 1 is 1.00 bits per heavy atom. The highest BCUT2D eigenvalue weighted by atomic mass is 16.5. The third-order valence-electron chi connectivity index (χ3n) is 3.64. The molecule has 0 saturated heterocycles. The number of aliphatic hydroxyl groups is 1. The lowest BCUT2D eigenvalue weighted by atomic mass is 10.2. The number of methoxy groups -OCH3 is 1. The second kappa shape index (κ2) is 9.88. The average molecular weight is 328 g/mol. The van der Waals surface area contributed by atoms with Crippen molar-refractivity contribution in [3.05, 3.63) is 78.4 Å². The molecule has 2 atom stereocenters. The van der Waals surface area contributed by atoms with Gasteiger partial charge in [-0.1, -0.05) is 48.5 Å². The molecule has 24 heavy (non-hydrogen) atoms. The van der Waals surface area contributed by atoms with E-state index >= 15 is 0 Å². The Hall–Kier alpha value is -2.14. The van der Waals surface area contributed by atoms with Crippen LogP contribution in [0.25, 0.3) is 0 Å². The van der Waals surface area contributed by atoms with Gasteiger partial charge in [-0.15, -0.1) is 6.58 Å². The number of rotatable bonds is 10. The lowest BCUT2D eigenvalue weighted by Gasteiger charge is -2.21. The predicted octanol–water partition coefficient (Wildman–Crippen LogP) is 3.34. The van der Waals surface area contributed by atoms with Gasteiger partial charge >= 0.3 is 0 Å². The molecule has 0 fully saturated rings. The summed E-state index contributed by atoms with van der Waals surface area (Å²) < 4.78 is 16.6. The number of aliphatic hydroxyl groups excluding tert-OH is 1. The largest absolute Gasteiger partial charge is 0.497 e. The minimum absolute atomic E-state index is 0.284. The van der Waals surface area contributed by atoms with E-state index in [9.17, 15) is 5.11 Å². The Balaban J connectivity index is 1.83. The lowest BCUT2D eigenvalue weighted by Crippen LogP contribution is -2.32. The van der Waals surface area contributed by atoms with Crippen molar-refractivity contribution in [2.75, 3.05) is 13.7 Å². The first-order chi connectivity index (χ1) is 11.7. The second-order valence-electron chi connectivity index (χ2n) is 5.42. The van der Waals surface area contributed by atoms with Crippen LogP contribution in [-0.4, -0.2) is 31.0 Å². The summed E-state index contributed by atoms with van der Waals surface area (Å²) in [6.45, 7) is 4.77. The van der Waals surface area contributed by atoms with Gasteiger partial charge in [0.05, 0.1) is 26.9 Å². The van der Waals surface area contributed by atoms with E-state index in [1.807, 2.05) is 54.6 Å². The summed E-state index contributed by atoms with van der Waals surface area (Å²) in [5, 5.41) is 10.0. The van der Waals surface area contributed by atoms with Crippen LogP contribution in [0.1, 0.15) is 11.1 Å². The first kappa shape index (κ1) is 18.2. The molecule has 0 spiro atoms. The average Bonchev–Trinajstić information content (AvgIpc) is 2.65. The van der Waals surface area contributed by atoms with Crippen LogP contribution in [0.2, 0.25) is 0 Å². The second-order valence-corrected chi connectivity index (χ2v) is 5.42. The monoisotopic (exact) mass is 328 g/mol. The molecule has 0 aliphatic rings. The van der Waals surface area contributed by atoms with E-state index in [2.05, 4.69) is 6.58 Å². The van der Waals surface area contributed by atoms with Crippen LogP contribution in [0.15, 0.2) is 67.3 Å². The third kappa shape index (κ3) is 5.81. The standard InChI is InChI=1S/C20H24O4/c1-3-19(21)20(24-14-16-7-5-4-6-8-16)15-23-13-17-9-11-18(22-2)12-10-17/h3-12,19-21H,1,13-15H2,2H3/t19-,20-/m0/s1. The molecule has 0 amide bonds. The van der Waals surface area contributed by atoms with Gasteiger partial charge < -0.3 is 19.3 Å². The highest BCUT2D eigenvalue weighted by Gasteiger charge is 2.17. The van der Waals surface area contributed by atoms with Crippen LogP contribution in [0.5, 0.6) is 5.75 Å². The zero-order valence-electron chi connectivity index (χ0n) is 13.9. The number of hydrogen-bond donors (Lipinski definition) is 1. The maximum absolute atomic E-state index is 10.0. The molecule has 4 heteroatoms. The quantitative estimate of drug-likeness (QED) is 0.680. The third-order valence-corrected chi connectivity index (χ3v) is 3.64. The lowest BCUT2D eigenvalue weighted by molar-refractivity contribution is -0.0749. The molecule has 0 aliphatic carbocycles. The maximum Gasteiger partial charge on any atom is 0.118 e. The fourth-order valence-electron chi connectivity index (χ4n) is 2.19. The van der Waals surface area contributed by atoms with Crippen LogP contribution in [-0.2, 0) is 22.7 Å². The highest BCUT2D eigenvalue weighted by molar-refractivity contribution is 5.26. The summed E-state index contributed by atoms with van der Waals surface area (Å²) in [6.07, 6.45) is 0.234. The van der Waals surface area contributed by atoms with Gasteiger partial charge in [0.25, 0.3) is 0 Å². The van der Waals surface area contributed by atoms with Crippen molar-refractivity contribution in [1.82, 2.24) is 0 Å². The van der Waals surface area contributed by atoms with Gasteiger partial charge in [0.2, 0.25) is 0 Å². The number of ether oxygens (including phenoxy) is 3. The molecule has 2 aromatic rings. The van der Waals surface area contributed by atoms with Crippen LogP contribution in [0.4, 0.5) is 0 Å². The van der Waals surface area contributed by atoms with Gasteiger partial charge in [-0.05, 0) is 23.3 Å². The van der Waals surface area contributed by atoms with Gasteiger partial charge in [-0.25, -0.2) is 0 Å². The van der Waals surface area contributed by atoms with E-state index in [1.165, 1.54) is 6.08 Å². The van der Waals surface area contributed by atoms with Crippen LogP contribution in [0.3, 0.4) is 0 Å². The fourth-order valence-corrected chi connectivity index (χ4v) is 2.19. The molecular formula is C20H24O4. The van der Waals surface area contributed by atoms with E-state index in [-0.39, 0.29) is 6.61 Å². The van der Waals surface area contributed by atoms with Gasteiger partial charge in [0.1, 0.15) is 18.0 Å². The maximum atomic E-state index is 10.0. The fraction of sp³-hybridized carbons (Fsp3) is 0.300. The van der Waals surface area contributed by atoms with Crippen molar-refractivity contribution in [2.45, 2.75) is 25.4 Å². The smallest absolute Gasteiger partial charge is 0.118 e. The minimum atomic E-state index is -0.774. The van der Waals surface area contributed by atoms with Gasteiger partial charge in [-0.3, -0.25) is 0 Å². The van der Waals surface area contributed by atoms with Crippen molar-refractivity contribution in [1.29, 1.82) is 0 Å². The topological polar surface area (TPSA) is 47.9 Å². The summed E-state index contributed by atoms with van der Waals surface area (Å²) >= 11 is 0. The Kier molecular flexibility index (Phi) is 7.49. The van der Waals surface area contributed by atoms with E-state index in [1.54, 1.807) is 7.11 Å². The van der Waals surface area contributed by atoms with Crippen LogP contribution < -0.4 is 4.74 Å². The first-order valence-corrected chi connectivity index (χ1v) is 7.89. The molecule has 4 nitrogen and oxygen atoms in total. The molecule has 0 aliphatic heterocycles. The Morgan fingerprint density at radius 3 is 2.29 bits per heavy atom. The molecule has 0 radical (unpaired) electrons. The summed E-state index contributed by atoms with van der Waals surface area (Å²) in [6, 6.07) is 17.5. The van der Waals surface area contributed by atoms with E-state index in [0.717, 1.165) is 16.9 Å². The first-order valence-electron chi connectivity index (χ1n) is 7.89. The summed E-state index contributed by atoms with van der Waals surface area (Å²) in [7, 11) is 1.64. The normalized spacial score (nSPS) is 13.2. The molecular weight excluding hydrogens is 304 g/mol. The zero-order chi connectivity index (χ0) is 17.2. The Bertz CT molecular complexity index is 595. The van der Waals surface area contributed by atoms with Gasteiger partial charge in [-0.2, -0.15) is 0 Å². The molecule has 0 heterocycles. The predicted molar refractivity (Wildman–Crippen MR) is 93.9 cm³/mol. The Morgan fingerprint density at radius 2 is 1.67 bits per heavy atom. The molecule has 2 rings (SSSR count). The van der Waals surface area contributed by atoms with Crippen molar-refractivity contribution in [2.24, 2.45) is 0 Å². The van der Waals surface area contributed by atoms with Gasteiger partial charge in [0, 0.05) is 0 Å². The molecule has 0 bridgehead atoms. The molecule has 2 aromatic carbocycles. The number of hydrogen-bond acceptors (Lipinski definition) is 4. The van der Waals surface area contributed by atoms with Crippen molar-refractivity contribution >= 4 is 0 Å². The van der Waals surface area contributed by atoms with E-state index in [0.29, 0.717) is 13.2 Å². The minimum Gasteiger partial charge on any atom is -0.497 e. The highest BCUT2D eigenvalue weighted by Crippen LogP contribution is 2.13. The molecule has 0 saturated carbocycles. The number of benzene rings is 2. The summed E-state index contributed by atoms with van der Waals surface area (Å²) in [5.41, 5.74) is 2.08. The van der Waals surface area contributed by atoms with Crippen LogP contribution >= 0.6 is 0 Å². The molecule has 0 aromatic heterocycles. The molecule has 1 N–H and O–H groups in total. The van der Waals surface area contributed by atoms with Crippen molar-refractivity contribution in [3.63, 3.8) is 0 Å². The van der Waals surface area contributed by atoms with Gasteiger partial charge in [0.15, 0.2) is 0 Å². The summed E-state index contributed by atoms with van der Waals surface area (Å²) in [4.78, 5) is 0. The molecule has 128 valence electrons. The zero-order valence-corrected chi connectivity index (χ0v) is 13.9. The molecule has 0 unspecified atom stereocenters. The van der Waals surface area contributed by atoms with E-state index < -0.39 is 12.2 Å². The summed E-state index contributed by atoms with van der Waals surface area (Å²) in [5.74, 6) is 0.810. The SMILES string of the molecule is C=C[C@H](O)[C@H](COCc1ccc(OC)cc1)OCc1ccccc1. The van der Waals surface area contributed by atoms with Crippen molar-refractivity contribution < 1.29 is 19.3 Å². The van der Waals surface area contributed by atoms with Crippen molar-refractivity contribution in [3.8, 4) is 5.75 Å². The van der Waals surface area contributed by atoms with Crippen LogP contribution in [0, 0.1) is 0 Å².